The fourth-order valence-corrected chi connectivity index (χ4v) is 1.78. The molecule has 108 valence electrons. The fraction of sp³-hybridized carbons (Fsp3) is 0.438. The molecule has 20 heavy (non-hydrogen) atoms. The summed E-state index contributed by atoms with van der Waals surface area (Å²) < 4.78 is 5.58. The molecule has 0 aromatic heterocycles. The van der Waals surface area contributed by atoms with Crippen molar-refractivity contribution in [3.8, 4) is 18.1 Å². The van der Waals surface area contributed by atoms with Crippen molar-refractivity contribution in [2.24, 2.45) is 0 Å². The first kappa shape index (κ1) is 16.1. The van der Waals surface area contributed by atoms with E-state index < -0.39 is 0 Å². The summed E-state index contributed by atoms with van der Waals surface area (Å²) in [7, 11) is 0. The molecule has 0 fully saturated rings. The molecule has 4 heteroatoms. The quantitative estimate of drug-likeness (QED) is 0.712. The van der Waals surface area contributed by atoms with Crippen LogP contribution in [0.25, 0.3) is 0 Å². The first-order valence-corrected chi connectivity index (χ1v) is 6.84. The molecule has 1 aromatic rings. The number of amides is 1. The molecule has 1 unspecified atom stereocenters. The maximum Gasteiger partial charge on any atom is 0.258 e. The van der Waals surface area contributed by atoms with Crippen molar-refractivity contribution in [2.45, 2.75) is 26.3 Å². The Hall–Kier alpha value is -1.99. The van der Waals surface area contributed by atoms with E-state index in [2.05, 4.69) is 30.4 Å². The number of hydrogen-bond donors (Lipinski definition) is 2. The highest BCUT2D eigenvalue weighted by Gasteiger charge is 2.11. The van der Waals surface area contributed by atoms with E-state index in [1.807, 2.05) is 24.3 Å². The topological polar surface area (TPSA) is 50.4 Å². The van der Waals surface area contributed by atoms with E-state index in [1.165, 1.54) is 0 Å². The molecule has 0 heterocycles. The molecule has 1 aromatic carbocycles. The first-order valence-electron chi connectivity index (χ1n) is 6.84. The van der Waals surface area contributed by atoms with Crippen LogP contribution in [0.3, 0.4) is 0 Å². The van der Waals surface area contributed by atoms with Crippen molar-refractivity contribution >= 4 is 5.91 Å². The molecule has 0 spiro atoms. The van der Waals surface area contributed by atoms with Crippen molar-refractivity contribution in [1.82, 2.24) is 10.6 Å². The molecule has 2 N–H and O–H groups in total. The van der Waals surface area contributed by atoms with Gasteiger partial charge in [-0.1, -0.05) is 31.0 Å². The number of ether oxygens (including phenoxy) is 1. The number of carbonyl (C=O) groups excluding carboxylic acids is 1. The van der Waals surface area contributed by atoms with E-state index in [4.69, 9.17) is 11.2 Å². The van der Waals surface area contributed by atoms with Crippen LogP contribution in [0, 0.1) is 12.3 Å². The largest absolute Gasteiger partial charge is 0.483 e. The van der Waals surface area contributed by atoms with Gasteiger partial charge in [-0.3, -0.25) is 4.79 Å². The molecule has 4 nitrogen and oxygen atoms in total. The predicted octanol–water partition coefficient (Wildman–Crippen LogP) is 1.88. The molecular weight excluding hydrogens is 252 g/mol. The molecular formula is C16H22N2O2. The molecule has 1 amide bonds. The van der Waals surface area contributed by atoms with Crippen LogP contribution in [0.2, 0.25) is 0 Å². The Bertz CT molecular complexity index is 466. The van der Waals surface area contributed by atoms with Crippen LogP contribution in [-0.4, -0.2) is 25.6 Å². The van der Waals surface area contributed by atoms with Crippen LogP contribution in [-0.2, 0) is 4.79 Å². The van der Waals surface area contributed by atoms with E-state index in [0.717, 1.165) is 24.3 Å². The van der Waals surface area contributed by atoms with Gasteiger partial charge in [0.05, 0.1) is 6.54 Å². The van der Waals surface area contributed by atoms with Crippen LogP contribution in [0.4, 0.5) is 0 Å². The number of carbonyl (C=O) groups is 1. The third-order valence-corrected chi connectivity index (χ3v) is 2.83. The molecule has 0 radical (unpaired) electrons. The Balaban J connectivity index is 2.61. The van der Waals surface area contributed by atoms with Gasteiger partial charge in [-0.2, -0.15) is 0 Å². The maximum atomic E-state index is 11.5. The lowest BCUT2D eigenvalue weighted by molar-refractivity contribution is -0.122. The zero-order valence-corrected chi connectivity index (χ0v) is 12.1. The molecule has 0 saturated heterocycles. The second kappa shape index (κ2) is 9.00. The lowest BCUT2D eigenvalue weighted by Gasteiger charge is -2.17. The van der Waals surface area contributed by atoms with Crippen LogP contribution >= 0.6 is 0 Å². The van der Waals surface area contributed by atoms with Gasteiger partial charge >= 0.3 is 0 Å². The van der Waals surface area contributed by atoms with Crippen LogP contribution in [0.1, 0.15) is 31.9 Å². The summed E-state index contributed by atoms with van der Waals surface area (Å²) in [5.41, 5.74) is 1.05. The number of terminal acetylenes is 1. The molecule has 0 bridgehead atoms. The maximum absolute atomic E-state index is 11.5. The van der Waals surface area contributed by atoms with Gasteiger partial charge in [-0.25, -0.2) is 0 Å². The van der Waals surface area contributed by atoms with E-state index in [1.54, 1.807) is 0 Å². The summed E-state index contributed by atoms with van der Waals surface area (Å²) in [5.74, 6) is 2.86. The molecule has 0 aliphatic rings. The van der Waals surface area contributed by atoms with Crippen molar-refractivity contribution < 1.29 is 9.53 Å². The van der Waals surface area contributed by atoms with Crippen LogP contribution < -0.4 is 15.4 Å². The lowest BCUT2D eigenvalue weighted by Crippen LogP contribution is -2.29. The van der Waals surface area contributed by atoms with E-state index in [-0.39, 0.29) is 25.1 Å². The van der Waals surface area contributed by atoms with Crippen LogP contribution in [0.5, 0.6) is 5.75 Å². The van der Waals surface area contributed by atoms with E-state index in [9.17, 15) is 4.79 Å². The number of hydrogen-bond acceptors (Lipinski definition) is 3. The monoisotopic (exact) mass is 274 g/mol. The zero-order chi connectivity index (χ0) is 14.8. The highest BCUT2D eigenvalue weighted by Crippen LogP contribution is 2.24. The van der Waals surface area contributed by atoms with Gasteiger partial charge in [-0.15, -0.1) is 6.42 Å². The first-order chi connectivity index (χ1) is 9.69. The smallest absolute Gasteiger partial charge is 0.258 e. The van der Waals surface area contributed by atoms with Gasteiger partial charge in [0.15, 0.2) is 6.61 Å². The highest BCUT2D eigenvalue weighted by atomic mass is 16.5. The second-order valence-electron chi connectivity index (χ2n) is 4.48. The zero-order valence-electron chi connectivity index (χ0n) is 12.1. The third-order valence-electron chi connectivity index (χ3n) is 2.83. The van der Waals surface area contributed by atoms with Crippen LogP contribution in [0.15, 0.2) is 24.3 Å². The van der Waals surface area contributed by atoms with Crippen molar-refractivity contribution in [3.05, 3.63) is 29.8 Å². The van der Waals surface area contributed by atoms with E-state index >= 15 is 0 Å². The number of rotatable bonds is 8. The second-order valence-corrected chi connectivity index (χ2v) is 4.48. The van der Waals surface area contributed by atoms with Crippen molar-refractivity contribution in [2.75, 3.05) is 19.7 Å². The minimum atomic E-state index is -0.216. The molecule has 0 saturated carbocycles. The normalized spacial score (nSPS) is 11.4. The molecule has 1 rings (SSSR count). The van der Waals surface area contributed by atoms with Gasteiger partial charge in [0.2, 0.25) is 0 Å². The summed E-state index contributed by atoms with van der Waals surface area (Å²) in [5, 5.41) is 5.97. The van der Waals surface area contributed by atoms with Gasteiger partial charge in [0.25, 0.3) is 5.91 Å². The van der Waals surface area contributed by atoms with E-state index in [0.29, 0.717) is 0 Å². The predicted molar refractivity (Wildman–Crippen MR) is 80.5 cm³/mol. The minimum Gasteiger partial charge on any atom is -0.483 e. The third kappa shape index (κ3) is 5.33. The number of benzene rings is 1. The van der Waals surface area contributed by atoms with Gasteiger partial charge in [-0.05, 0) is 26.0 Å². The SMILES string of the molecule is C#CCNC(=O)COc1ccccc1C(C)NCCC. The Kier molecular flexibility index (Phi) is 7.23. The highest BCUT2D eigenvalue weighted by molar-refractivity contribution is 5.77. The summed E-state index contributed by atoms with van der Waals surface area (Å²) in [6.45, 7) is 5.34. The molecule has 0 aliphatic carbocycles. The van der Waals surface area contributed by atoms with Crippen molar-refractivity contribution in [3.63, 3.8) is 0 Å². The fourth-order valence-electron chi connectivity index (χ4n) is 1.78. The standard InChI is InChI=1S/C16H22N2O2/c1-4-10-17-13(3)14-8-6-7-9-15(14)20-12-16(19)18-11-5-2/h2,6-9,13,17H,4,10-12H2,1,3H3,(H,18,19). The summed E-state index contributed by atoms with van der Waals surface area (Å²) >= 11 is 0. The Morgan fingerprint density at radius 2 is 2.20 bits per heavy atom. The van der Waals surface area contributed by atoms with Gasteiger partial charge in [0.1, 0.15) is 5.75 Å². The minimum absolute atomic E-state index is 0.0286. The number of para-hydroxylation sites is 1. The summed E-state index contributed by atoms with van der Waals surface area (Å²) in [4.78, 5) is 11.5. The van der Waals surface area contributed by atoms with Gasteiger partial charge < -0.3 is 15.4 Å². The molecule has 1 atom stereocenters. The average Bonchev–Trinajstić information content (AvgIpc) is 2.48. The molecule has 0 aliphatic heterocycles. The summed E-state index contributed by atoms with van der Waals surface area (Å²) in [6, 6.07) is 7.91. The van der Waals surface area contributed by atoms with Gasteiger partial charge in [0, 0.05) is 11.6 Å². The number of nitrogens with one attached hydrogen (secondary N) is 2. The summed E-state index contributed by atoms with van der Waals surface area (Å²) in [6.07, 6.45) is 6.15. The Morgan fingerprint density at radius 3 is 2.90 bits per heavy atom. The lowest BCUT2D eigenvalue weighted by atomic mass is 10.1. The van der Waals surface area contributed by atoms with Crippen molar-refractivity contribution in [1.29, 1.82) is 0 Å². The Labute approximate surface area is 120 Å². The average molecular weight is 274 g/mol. The Morgan fingerprint density at radius 1 is 1.45 bits per heavy atom.